The van der Waals surface area contributed by atoms with E-state index in [-0.39, 0.29) is 50.9 Å². The minimum Gasteiger partial charge on any atom is -0.373 e. The van der Waals surface area contributed by atoms with Gasteiger partial charge in [-0.05, 0) is 25.0 Å². The van der Waals surface area contributed by atoms with Crippen LogP contribution < -0.4 is 4.90 Å². The van der Waals surface area contributed by atoms with Gasteiger partial charge in [-0.3, -0.25) is 9.59 Å². The molecule has 4 atom stereocenters. The first-order valence-corrected chi connectivity index (χ1v) is 7.80. The third-order valence-corrected chi connectivity index (χ3v) is 5.71. The molecule has 0 aliphatic carbocycles. The SMILES string of the molecule is O=C1[C@@H]2[C@H](C(=O)N1c1cc(Cl)c(Cl)c(Cl)c1)[C@H]1CC[C@@H]2O1. The molecule has 0 aromatic heterocycles. The lowest BCUT2D eigenvalue weighted by Gasteiger charge is -2.18. The van der Waals surface area contributed by atoms with Gasteiger partial charge < -0.3 is 4.74 Å². The molecular weight excluding hydrogens is 337 g/mol. The maximum absolute atomic E-state index is 12.6. The van der Waals surface area contributed by atoms with Crippen molar-refractivity contribution >= 4 is 52.3 Å². The number of rotatable bonds is 1. The summed E-state index contributed by atoms with van der Waals surface area (Å²) in [6.45, 7) is 0. The van der Waals surface area contributed by atoms with Crippen LogP contribution in [0.3, 0.4) is 0 Å². The van der Waals surface area contributed by atoms with Gasteiger partial charge in [-0.25, -0.2) is 4.90 Å². The van der Waals surface area contributed by atoms with Gasteiger partial charge >= 0.3 is 0 Å². The molecule has 4 nitrogen and oxygen atoms in total. The molecule has 7 heteroatoms. The Morgan fingerprint density at radius 2 is 1.43 bits per heavy atom. The molecule has 3 aliphatic heterocycles. The molecule has 110 valence electrons. The molecule has 0 unspecified atom stereocenters. The van der Waals surface area contributed by atoms with E-state index in [1.807, 2.05) is 0 Å². The van der Waals surface area contributed by atoms with Crippen molar-refractivity contribution in [3.63, 3.8) is 0 Å². The molecule has 3 fully saturated rings. The van der Waals surface area contributed by atoms with Gasteiger partial charge in [0, 0.05) is 0 Å². The summed E-state index contributed by atoms with van der Waals surface area (Å²) in [4.78, 5) is 26.4. The summed E-state index contributed by atoms with van der Waals surface area (Å²) in [5.74, 6) is -1.20. The molecule has 2 amide bonds. The monoisotopic (exact) mass is 345 g/mol. The highest BCUT2D eigenvalue weighted by molar-refractivity contribution is 6.48. The Bertz CT molecular complexity index is 626. The molecule has 1 aromatic rings. The normalized spacial score (nSPS) is 34.0. The van der Waals surface area contributed by atoms with Crippen molar-refractivity contribution < 1.29 is 14.3 Å². The number of hydrogen-bond acceptors (Lipinski definition) is 3. The lowest BCUT2D eigenvalue weighted by Crippen LogP contribution is -2.34. The van der Waals surface area contributed by atoms with E-state index in [4.69, 9.17) is 39.5 Å². The molecule has 4 rings (SSSR count). The summed E-state index contributed by atoms with van der Waals surface area (Å²) in [5.41, 5.74) is 0.373. The van der Waals surface area contributed by atoms with E-state index in [0.717, 1.165) is 12.8 Å². The molecule has 3 aliphatic rings. The number of fused-ring (bicyclic) bond motifs is 5. The second-order valence-electron chi connectivity index (χ2n) is 5.58. The average Bonchev–Trinajstić information content (AvgIpc) is 3.10. The molecule has 1 aromatic carbocycles. The third kappa shape index (κ3) is 1.80. The summed E-state index contributed by atoms with van der Waals surface area (Å²) in [6, 6.07) is 2.99. The summed E-state index contributed by atoms with van der Waals surface area (Å²) in [6.07, 6.45) is 1.39. The number of hydrogen-bond donors (Lipinski definition) is 0. The number of amides is 2. The Morgan fingerprint density at radius 1 is 0.952 bits per heavy atom. The number of nitrogens with zero attached hydrogens (tertiary/aromatic N) is 1. The van der Waals surface area contributed by atoms with Crippen molar-refractivity contribution in [1.29, 1.82) is 0 Å². The Balaban J connectivity index is 1.77. The first-order valence-electron chi connectivity index (χ1n) is 6.67. The van der Waals surface area contributed by atoms with Crippen LogP contribution in [0.15, 0.2) is 12.1 Å². The molecule has 2 bridgehead atoms. The van der Waals surface area contributed by atoms with Crippen LogP contribution in [0.25, 0.3) is 0 Å². The quantitative estimate of drug-likeness (QED) is 0.579. The van der Waals surface area contributed by atoms with Crippen molar-refractivity contribution in [2.45, 2.75) is 25.0 Å². The van der Waals surface area contributed by atoms with E-state index in [0.29, 0.717) is 5.69 Å². The standard InChI is InChI=1S/C14H10Cl3NO3/c15-6-3-5(4-7(16)12(6)17)18-13(19)10-8-1-2-9(21-8)11(10)14(18)20/h3-4,8-11H,1-2H2/t8-,9+,10-,11+. The molecule has 0 saturated carbocycles. The predicted octanol–water partition coefficient (Wildman–Crippen LogP) is 3.31. The lowest BCUT2D eigenvalue weighted by atomic mass is 9.81. The van der Waals surface area contributed by atoms with Crippen LogP contribution in [-0.2, 0) is 14.3 Å². The fourth-order valence-corrected chi connectivity index (χ4v) is 4.22. The van der Waals surface area contributed by atoms with Gasteiger partial charge in [0.1, 0.15) is 0 Å². The van der Waals surface area contributed by atoms with E-state index in [1.54, 1.807) is 0 Å². The fourth-order valence-electron chi connectivity index (χ4n) is 3.64. The first-order chi connectivity index (χ1) is 9.99. The van der Waals surface area contributed by atoms with Gasteiger partial charge in [0.25, 0.3) is 0 Å². The van der Waals surface area contributed by atoms with Gasteiger partial charge in [0.15, 0.2) is 0 Å². The number of anilines is 1. The zero-order chi connectivity index (χ0) is 14.9. The largest absolute Gasteiger partial charge is 0.373 e. The summed E-state index contributed by atoms with van der Waals surface area (Å²) < 4.78 is 5.69. The maximum Gasteiger partial charge on any atom is 0.240 e. The van der Waals surface area contributed by atoms with Crippen molar-refractivity contribution in [2.24, 2.45) is 11.8 Å². The van der Waals surface area contributed by atoms with Gasteiger partial charge in [0.2, 0.25) is 11.8 Å². The van der Waals surface area contributed by atoms with E-state index in [2.05, 4.69) is 0 Å². The van der Waals surface area contributed by atoms with E-state index in [9.17, 15) is 9.59 Å². The van der Waals surface area contributed by atoms with Gasteiger partial charge in [0.05, 0.1) is 44.8 Å². The van der Waals surface area contributed by atoms with Crippen LogP contribution in [0.5, 0.6) is 0 Å². The zero-order valence-corrected chi connectivity index (χ0v) is 13.0. The fraction of sp³-hybridized carbons (Fsp3) is 0.429. The van der Waals surface area contributed by atoms with Crippen molar-refractivity contribution in [1.82, 2.24) is 0 Å². The van der Waals surface area contributed by atoms with Crippen molar-refractivity contribution in [2.75, 3.05) is 4.90 Å². The van der Waals surface area contributed by atoms with Crippen molar-refractivity contribution in [3.05, 3.63) is 27.2 Å². The smallest absolute Gasteiger partial charge is 0.240 e. The first kappa shape index (κ1) is 13.8. The molecule has 21 heavy (non-hydrogen) atoms. The Hall–Kier alpha value is -0.810. The van der Waals surface area contributed by atoms with Crippen LogP contribution in [0.1, 0.15) is 12.8 Å². The molecule has 0 radical (unpaired) electrons. The number of benzene rings is 1. The number of carbonyl (C=O) groups excluding carboxylic acids is 2. The minimum atomic E-state index is -0.371. The number of ether oxygens (including phenoxy) is 1. The lowest BCUT2D eigenvalue weighted by molar-refractivity contribution is -0.124. The molecule has 0 spiro atoms. The number of carbonyl (C=O) groups is 2. The van der Waals surface area contributed by atoms with Crippen LogP contribution >= 0.6 is 34.8 Å². The maximum atomic E-state index is 12.6. The van der Waals surface area contributed by atoms with Crippen molar-refractivity contribution in [3.8, 4) is 0 Å². The molecular formula is C14H10Cl3NO3. The topological polar surface area (TPSA) is 46.6 Å². The second-order valence-corrected chi connectivity index (χ2v) is 6.77. The Labute approximate surface area is 135 Å². The second kappa shape index (κ2) is 4.59. The summed E-state index contributed by atoms with van der Waals surface area (Å²) in [5, 5.41) is 0.650. The molecule has 3 heterocycles. The highest BCUT2D eigenvalue weighted by Crippen LogP contribution is 2.50. The number of imide groups is 1. The van der Waals surface area contributed by atoms with Crippen LogP contribution in [0.4, 0.5) is 5.69 Å². The average molecular weight is 347 g/mol. The molecule has 3 saturated heterocycles. The number of halogens is 3. The highest BCUT2D eigenvalue weighted by atomic mass is 35.5. The Morgan fingerprint density at radius 3 is 1.90 bits per heavy atom. The van der Waals surface area contributed by atoms with E-state index >= 15 is 0 Å². The third-order valence-electron chi connectivity index (χ3n) is 4.51. The highest BCUT2D eigenvalue weighted by Gasteiger charge is 2.62. The van der Waals surface area contributed by atoms with E-state index < -0.39 is 0 Å². The summed E-state index contributed by atoms with van der Waals surface area (Å²) in [7, 11) is 0. The molecule has 0 N–H and O–H groups in total. The minimum absolute atomic E-state index is 0.139. The van der Waals surface area contributed by atoms with E-state index in [1.165, 1.54) is 17.0 Å². The predicted molar refractivity (Wildman–Crippen MR) is 78.8 cm³/mol. The zero-order valence-electron chi connectivity index (χ0n) is 10.7. The summed E-state index contributed by atoms with van der Waals surface area (Å²) >= 11 is 17.9. The van der Waals surface area contributed by atoms with Gasteiger partial charge in [-0.2, -0.15) is 0 Å². The van der Waals surface area contributed by atoms with Crippen LogP contribution in [0.2, 0.25) is 15.1 Å². The van der Waals surface area contributed by atoms with Gasteiger partial charge in [-0.1, -0.05) is 34.8 Å². The Kier molecular flexibility index (Phi) is 3.02. The van der Waals surface area contributed by atoms with Crippen LogP contribution in [0, 0.1) is 11.8 Å². The van der Waals surface area contributed by atoms with Crippen LogP contribution in [-0.4, -0.2) is 24.0 Å². The van der Waals surface area contributed by atoms with Gasteiger partial charge in [-0.15, -0.1) is 0 Å².